The van der Waals surface area contributed by atoms with Crippen LogP contribution in [0.4, 0.5) is 5.82 Å². The van der Waals surface area contributed by atoms with E-state index in [0.29, 0.717) is 10.4 Å². The second kappa shape index (κ2) is 5.53. The van der Waals surface area contributed by atoms with Crippen molar-refractivity contribution in [3.63, 3.8) is 0 Å². The van der Waals surface area contributed by atoms with Crippen molar-refractivity contribution < 1.29 is 4.79 Å². The van der Waals surface area contributed by atoms with Gasteiger partial charge in [-0.15, -0.1) is 0 Å². The quantitative estimate of drug-likeness (QED) is 0.875. The number of benzene rings is 1. The van der Waals surface area contributed by atoms with E-state index in [0.717, 1.165) is 5.56 Å². The van der Waals surface area contributed by atoms with Crippen LogP contribution < -0.4 is 5.32 Å². The van der Waals surface area contributed by atoms with Crippen molar-refractivity contribution in [2.24, 2.45) is 0 Å². The Kier molecular flexibility index (Phi) is 4.00. The van der Waals surface area contributed by atoms with Crippen LogP contribution in [0.1, 0.15) is 19.4 Å². The highest BCUT2D eigenvalue weighted by Crippen LogP contribution is 2.24. The summed E-state index contributed by atoms with van der Waals surface area (Å²) in [6, 6.07) is 15.1. The summed E-state index contributed by atoms with van der Waals surface area (Å²) in [5.41, 5.74) is 0.369. The monoisotopic (exact) mass is 318 g/mol. The molecular weight excluding hydrogens is 304 g/mol. The lowest BCUT2D eigenvalue weighted by molar-refractivity contribution is -0.120. The van der Waals surface area contributed by atoms with Crippen LogP contribution in [0.3, 0.4) is 0 Å². The predicted octanol–water partition coefficient (Wildman–Crippen LogP) is 3.76. The zero-order valence-corrected chi connectivity index (χ0v) is 12.4. The number of anilines is 1. The number of nitrogens with one attached hydrogen (secondary N) is 1. The van der Waals surface area contributed by atoms with Crippen molar-refractivity contribution in [3.8, 4) is 0 Å². The molecule has 1 N–H and O–H groups in total. The van der Waals surface area contributed by atoms with Crippen LogP contribution in [-0.2, 0) is 10.2 Å². The maximum absolute atomic E-state index is 12.4. The molecule has 3 nitrogen and oxygen atoms in total. The van der Waals surface area contributed by atoms with Gasteiger partial charge in [0.25, 0.3) is 0 Å². The van der Waals surface area contributed by atoms with Crippen molar-refractivity contribution in [1.82, 2.24) is 4.98 Å². The molecule has 0 spiro atoms. The molecule has 1 amide bonds. The normalized spacial score (nSPS) is 11.1. The number of hydrogen-bond acceptors (Lipinski definition) is 2. The third-order valence-electron chi connectivity index (χ3n) is 3.02. The molecule has 4 heteroatoms. The van der Waals surface area contributed by atoms with Crippen LogP contribution in [0.25, 0.3) is 0 Å². The van der Waals surface area contributed by atoms with Crippen LogP contribution in [-0.4, -0.2) is 10.9 Å². The fourth-order valence-corrected chi connectivity index (χ4v) is 2.08. The first-order valence-corrected chi connectivity index (χ1v) is 6.79. The zero-order valence-electron chi connectivity index (χ0n) is 10.9. The van der Waals surface area contributed by atoms with Gasteiger partial charge in [0, 0.05) is 0 Å². The molecule has 1 heterocycles. The predicted molar refractivity (Wildman–Crippen MR) is 80.0 cm³/mol. The maximum Gasteiger partial charge on any atom is 0.235 e. The topological polar surface area (TPSA) is 42.0 Å². The van der Waals surface area contributed by atoms with Crippen LogP contribution in [0.5, 0.6) is 0 Å². The van der Waals surface area contributed by atoms with Gasteiger partial charge < -0.3 is 5.32 Å². The molecule has 0 aliphatic carbocycles. The standard InChI is InChI=1S/C15H15BrN2O/c1-15(2,11-7-4-3-5-8-11)14(19)18-13-10-6-9-12(16)17-13/h3-10H,1-2H3,(H,17,18,19). The smallest absolute Gasteiger partial charge is 0.235 e. The fraction of sp³-hybridized carbons (Fsp3) is 0.200. The van der Waals surface area contributed by atoms with Crippen molar-refractivity contribution in [1.29, 1.82) is 0 Å². The third-order valence-corrected chi connectivity index (χ3v) is 3.46. The number of nitrogens with zero attached hydrogens (tertiary/aromatic N) is 1. The van der Waals surface area contributed by atoms with Crippen molar-refractivity contribution in [2.75, 3.05) is 5.32 Å². The van der Waals surface area contributed by atoms with Crippen LogP contribution in [0.2, 0.25) is 0 Å². The van der Waals surface area contributed by atoms with E-state index in [2.05, 4.69) is 26.2 Å². The molecule has 1 aromatic heterocycles. The summed E-state index contributed by atoms with van der Waals surface area (Å²) >= 11 is 3.29. The van der Waals surface area contributed by atoms with Gasteiger partial charge in [-0.3, -0.25) is 4.79 Å². The largest absolute Gasteiger partial charge is 0.310 e. The van der Waals surface area contributed by atoms with E-state index in [9.17, 15) is 4.79 Å². The van der Waals surface area contributed by atoms with Gasteiger partial charge in [0.15, 0.2) is 0 Å². The van der Waals surface area contributed by atoms with E-state index in [1.54, 1.807) is 6.07 Å². The Morgan fingerprint density at radius 3 is 2.42 bits per heavy atom. The van der Waals surface area contributed by atoms with E-state index in [1.807, 2.05) is 56.3 Å². The molecule has 0 unspecified atom stereocenters. The summed E-state index contributed by atoms with van der Waals surface area (Å²) in [6.45, 7) is 3.80. The van der Waals surface area contributed by atoms with Crippen molar-refractivity contribution in [3.05, 3.63) is 58.7 Å². The Morgan fingerprint density at radius 1 is 1.11 bits per heavy atom. The Bertz CT molecular complexity index is 582. The molecule has 0 saturated heterocycles. The van der Waals surface area contributed by atoms with E-state index in [4.69, 9.17) is 0 Å². The van der Waals surface area contributed by atoms with Crippen LogP contribution in [0.15, 0.2) is 53.1 Å². The van der Waals surface area contributed by atoms with Gasteiger partial charge in [-0.1, -0.05) is 36.4 Å². The van der Waals surface area contributed by atoms with Gasteiger partial charge in [-0.25, -0.2) is 4.98 Å². The molecule has 0 saturated carbocycles. The van der Waals surface area contributed by atoms with Crippen LogP contribution >= 0.6 is 15.9 Å². The molecule has 0 fully saturated rings. The minimum atomic E-state index is -0.606. The molecule has 0 bridgehead atoms. The Hall–Kier alpha value is -1.68. The molecule has 0 radical (unpaired) electrons. The maximum atomic E-state index is 12.4. The number of hydrogen-bond donors (Lipinski definition) is 1. The van der Waals surface area contributed by atoms with Crippen molar-refractivity contribution >= 4 is 27.7 Å². The number of rotatable bonds is 3. The summed E-state index contributed by atoms with van der Waals surface area (Å²) in [4.78, 5) is 16.6. The number of carbonyl (C=O) groups excluding carboxylic acids is 1. The molecule has 0 aliphatic heterocycles. The summed E-state index contributed by atoms with van der Waals surface area (Å²) in [5, 5.41) is 2.84. The molecule has 1 aromatic carbocycles. The SMILES string of the molecule is CC(C)(C(=O)Nc1cccc(Br)n1)c1ccccc1. The average molecular weight is 319 g/mol. The van der Waals surface area contributed by atoms with Gasteiger partial charge in [-0.2, -0.15) is 0 Å². The number of aromatic nitrogens is 1. The Labute approximate surface area is 121 Å². The first kappa shape index (κ1) is 13.7. The highest BCUT2D eigenvalue weighted by Gasteiger charge is 2.29. The molecular formula is C15H15BrN2O. The van der Waals surface area contributed by atoms with E-state index < -0.39 is 5.41 Å². The van der Waals surface area contributed by atoms with E-state index >= 15 is 0 Å². The summed E-state index contributed by atoms with van der Waals surface area (Å²) < 4.78 is 0.697. The number of pyridine rings is 1. The fourth-order valence-electron chi connectivity index (χ4n) is 1.74. The third kappa shape index (κ3) is 3.20. The van der Waals surface area contributed by atoms with E-state index in [-0.39, 0.29) is 5.91 Å². The molecule has 2 rings (SSSR count). The van der Waals surface area contributed by atoms with Crippen molar-refractivity contribution in [2.45, 2.75) is 19.3 Å². The van der Waals surface area contributed by atoms with E-state index in [1.165, 1.54) is 0 Å². The highest BCUT2D eigenvalue weighted by atomic mass is 79.9. The zero-order chi connectivity index (χ0) is 13.9. The Balaban J connectivity index is 2.20. The number of carbonyl (C=O) groups is 1. The highest BCUT2D eigenvalue weighted by molar-refractivity contribution is 9.10. The second-order valence-corrected chi connectivity index (χ2v) is 5.60. The lowest BCUT2D eigenvalue weighted by Crippen LogP contribution is -2.34. The first-order chi connectivity index (χ1) is 9.00. The second-order valence-electron chi connectivity index (χ2n) is 4.79. The van der Waals surface area contributed by atoms with Gasteiger partial charge >= 0.3 is 0 Å². The van der Waals surface area contributed by atoms with Gasteiger partial charge in [0.05, 0.1) is 5.41 Å². The lowest BCUT2D eigenvalue weighted by atomic mass is 9.84. The summed E-state index contributed by atoms with van der Waals surface area (Å²) in [5.74, 6) is 0.465. The minimum Gasteiger partial charge on any atom is -0.310 e. The molecule has 0 aliphatic rings. The Morgan fingerprint density at radius 2 is 1.79 bits per heavy atom. The van der Waals surface area contributed by atoms with Gasteiger partial charge in [-0.05, 0) is 47.5 Å². The molecule has 19 heavy (non-hydrogen) atoms. The molecule has 98 valence electrons. The summed E-state index contributed by atoms with van der Waals surface area (Å²) in [6.07, 6.45) is 0. The van der Waals surface area contributed by atoms with Gasteiger partial charge in [0.2, 0.25) is 5.91 Å². The first-order valence-electron chi connectivity index (χ1n) is 6.00. The minimum absolute atomic E-state index is 0.0794. The molecule has 0 atom stereocenters. The summed E-state index contributed by atoms with van der Waals surface area (Å²) in [7, 11) is 0. The average Bonchev–Trinajstić information content (AvgIpc) is 2.39. The number of amides is 1. The lowest BCUT2D eigenvalue weighted by Gasteiger charge is -2.23. The number of halogens is 1. The molecule has 2 aromatic rings. The van der Waals surface area contributed by atoms with Gasteiger partial charge in [0.1, 0.15) is 10.4 Å². The van der Waals surface area contributed by atoms with Crippen LogP contribution in [0, 0.1) is 0 Å².